The zero-order valence-corrected chi connectivity index (χ0v) is 14.2. The second kappa shape index (κ2) is 7.16. The molecule has 5 nitrogen and oxygen atoms in total. The molecule has 0 aliphatic heterocycles. The molecule has 0 amide bonds. The first-order valence-electron chi connectivity index (χ1n) is 8.56. The molecule has 1 aromatic carbocycles. The molecule has 24 heavy (non-hydrogen) atoms. The van der Waals surface area contributed by atoms with Crippen molar-refractivity contribution in [3.8, 4) is 11.8 Å². The van der Waals surface area contributed by atoms with Gasteiger partial charge in [0.15, 0.2) is 0 Å². The van der Waals surface area contributed by atoms with E-state index in [9.17, 15) is 5.11 Å². The van der Waals surface area contributed by atoms with Gasteiger partial charge in [0.1, 0.15) is 0 Å². The minimum absolute atomic E-state index is 0.160. The molecule has 1 fully saturated rings. The van der Waals surface area contributed by atoms with E-state index in [1.165, 1.54) is 0 Å². The fourth-order valence-electron chi connectivity index (χ4n) is 3.48. The first kappa shape index (κ1) is 16.7. The highest BCUT2D eigenvalue weighted by Gasteiger charge is 2.25. The van der Waals surface area contributed by atoms with Crippen molar-refractivity contribution in [2.75, 3.05) is 6.54 Å². The van der Waals surface area contributed by atoms with E-state index in [0.29, 0.717) is 11.5 Å². The van der Waals surface area contributed by atoms with Gasteiger partial charge in [0.05, 0.1) is 29.6 Å². The smallest absolute Gasteiger partial charge is 0.0991 e. The molecule has 1 saturated carbocycles. The molecule has 3 rings (SSSR count). The number of nitriles is 1. The Morgan fingerprint density at radius 3 is 2.75 bits per heavy atom. The predicted octanol–water partition coefficient (Wildman–Crippen LogP) is 2.86. The van der Waals surface area contributed by atoms with E-state index in [0.717, 1.165) is 42.8 Å². The highest BCUT2D eigenvalue weighted by molar-refractivity contribution is 5.40. The Labute approximate surface area is 142 Å². The number of aromatic nitrogens is 2. The van der Waals surface area contributed by atoms with Crippen molar-refractivity contribution >= 4 is 0 Å². The van der Waals surface area contributed by atoms with Gasteiger partial charge in [-0.15, -0.1) is 0 Å². The predicted molar refractivity (Wildman–Crippen MR) is 92.8 cm³/mol. The highest BCUT2D eigenvalue weighted by atomic mass is 16.3. The van der Waals surface area contributed by atoms with Crippen LogP contribution in [0.4, 0.5) is 0 Å². The summed E-state index contributed by atoms with van der Waals surface area (Å²) in [6.07, 6.45) is 4.89. The molecule has 0 bridgehead atoms. The molecular formula is C19H24N4O. The van der Waals surface area contributed by atoms with Crippen molar-refractivity contribution in [2.45, 2.75) is 45.3 Å². The minimum atomic E-state index is -0.160. The van der Waals surface area contributed by atoms with Crippen molar-refractivity contribution in [2.24, 2.45) is 5.92 Å². The van der Waals surface area contributed by atoms with E-state index in [-0.39, 0.29) is 12.1 Å². The normalized spacial score (nSPS) is 21.6. The lowest BCUT2D eigenvalue weighted by molar-refractivity contribution is 0.130. The molecule has 0 unspecified atom stereocenters. The van der Waals surface area contributed by atoms with Crippen LogP contribution in [-0.4, -0.2) is 27.5 Å². The number of aliphatic hydroxyl groups excluding tert-OH is 1. The van der Waals surface area contributed by atoms with Gasteiger partial charge in [0.2, 0.25) is 0 Å². The summed E-state index contributed by atoms with van der Waals surface area (Å²) in [6, 6.07) is 9.75. The molecule has 5 heteroatoms. The van der Waals surface area contributed by atoms with Crippen LogP contribution in [0.15, 0.2) is 30.5 Å². The summed E-state index contributed by atoms with van der Waals surface area (Å²) in [7, 11) is 0. The second-order valence-electron chi connectivity index (χ2n) is 6.64. The number of nitrogens with one attached hydrogen (secondary N) is 1. The van der Waals surface area contributed by atoms with Crippen LogP contribution in [0.5, 0.6) is 0 Å². The van der Waals surface area contributed by atoms with Crippen LogP contribution in [0.3, 0.4) is 0 Å². The van der Waals surface area contributed by atoms with E-state index in [1.807, 2.05) is 23.0 Å². The molecule has 1 aliphatic rings. The number of rotatable bonds is 5. The number of hydrogen-bond donors (Lipinski definition) is 2. The second-order valence-corrected chi connectivity index (χ2v) is 6.64. The molecule has 0 spiro atoms. The van der Waals surface area contributed by atoms with Gasteiger partial charge in [-0.25, -0.2) is 4.68 Å². The van der Waals surface area contributed by atoms with Crippen LogP contribution in [0.2, 0.25) is 0 Å². The molecule has 2 N–H and O–H groups in total. The summed E-state index contributed by atoms with van der Waals surface area (Å²) in [4.78, 5) is 0. The van der Waals surface area contributed by atoms with Crippen LogP contribution < -0.4 is 5.32 Å². The Kier molecular flexibility index (Phi) is 4.98. The van der Waals surface area contributed by atoms with Crippen LogP contribution in [0, 0.1) is 24.2 Å². The lowest BCUT2D eigenvalue weighted by Crippen LogP contribution is -2.29. The average molecular weight is 324 g/mol. The molecule has 0 saturated heterocycles. The van der Waals surface area contributed by atoms with Gasteiger partial charge in [-0.05, 0) is 56.9 Å². The van der Waals surface area contributed by atoms with Gasteiger partial charge in [-0.3, -0.25) is 0 Å². The van der Waals surface area contributed by atoms with Gasteiger partial charge >= 0.3 is 0 Å². The summed E-state index contributed by atoms with van der Waals surface area (Å²) >= 11 is 0. The maximum atomic E-state index is 9.94. The maximum Gasteiger partial charge on any atom is 0.0991 e. The fourth-order valence-corrected chi connectivity index (χ4v) is 3.48. The molecule has 1 aliphatic carbocycles. The number of aliphatic hydroxyl groups is 1. The quantitative estimate of drug-likeness (QED) is 0.887. The van der Waals surface area contributed by atoms with Crippen LogP contribution in [-0.2, 0) is 0 Å². The lowest BCUT2D eigenvalue weighted by Gasteiger charge is -2.19. The lowest BCUT2D eigenvalue weighted by atomic mass is 10.0. The van der Waals surface area contributed by atoms with Crippen molar-refractivity contribution in [3.05, 3.63) is 47.3 Å². The maximum absolute atomic E-state index is 9.94. The van der Waals surface area contributed by atoms with E-state index in [1.54, 1.807) is 12.1 Å². The Morgan fingerprint density at radius 2 is 2.12 bits per heavy atom. The minimum Gasteiger partial charge on any atom is -0.393 e. The van der Waals surface area contributed by atoms with Gasteiger partial charge in [0, 0.05) is 23.8 Å². The van der Waals surface area contributed by atoms with E-state index in [2.05, 4.69) is 30.3 Å². The van der Waals surface area contributed by atoms with Crippen LogP contribution in [0.25, 0.3) is 5.69 Å². The summed E-state index contributed by atoms with van der Waals surface area (Å²) < 4.78 is 1.90. The third kappa shape index (κ3) is 3.35. The number of nitrogens with zero attached hydrogens (tertiary/aromatic N) is 3. The van der Waals surface area contributed by atoms with Gasteiger partial charge in [-0.1, -0.05) is 6.42 Å². The van der Waals surface area contributed by atoms with Crippen LogP contribution >= 0.6 is 0 Å². The van der Waals surface area contributed by atoms with E-state index >= 15 is 0 Å². The average Bonchev–Trinajstić information content (AvgIpc) is 3.18. The summed E-state index contributed by atoms with van der Waals surface area (Å²) in [5.41, 5.74) is 3.85. The summed E-state index contributed by atoms with van der Waals surface area (Å²) in [5.74, 6) is 0.362. The Morgan fingerprint density at radius 1 is 1.38 bits per heavy atom. The third-order valence-corrected chi connectivity index (χ3v) is 5.06. The SMILES string of the molecule is Cc1c([C@H](C)NC[C@H]2CCC[C@@H]2O)cnn1-c1ccc(C#N)cc1. The molecular weight excluding hydrogens is 300 g/mol. The van der Waals surface area contributed by atoms with Gasteiger partial charge in [0.25, 0.3) is 0 Å². The summed E-state index contributed by atoms with van der Waals surface area (Å²) in [5, 5.41) is 26.9. The largest absolute Gasteiger partial charge is 0.393 e. The van der Waals surface area contributed by atoms with Crippen molar-refractivity contribution in [1.29, 1.82) is 5.26 Å². The summed E-state index contributed by atoms with van der Waals surface area (Å²) in [6.45, 7) is 5.03. The molecule has 126 valence electrons. The molecule has 3 atom stereocenters. The van der Waals surface area contributed by atoms with Gasteiger partial charge < -0.3 is 10.4 Å². The van der Waals surface area contributed by atoms with E-state index < -0.39 is 0 Å². The fraction of sp³-hybridized carbons (Fsp3) is 0.474. The molecule has 1 aromatic heterocycles. The van der Waals surface area contributed by atoms with Crippen molar-refractivity contribution in [3.63, 3.8) is 0 Å². The Balaban J connectivity index is 1.70. The third-order valence-electron chi connectivity index (χ3n) is 5.06. The van der Waals surface area contributed by atoms with Crippen molar-refractivity contribution < 1.29 is 5.11 Å². The zero-order chi connectivity index (χ0) is 17.1. The first-order valence-corrected chi connectivity index (χ1v) is 8.56. The molecule has 1 heterocycles. The van der Waals surface area contributed by atoms with E-state index in [4.69, 9.17) is 5.26 Å². The Bertz CT molecular complexity index is 729. The highest BCUT2D eigenvalue weighted by Crippen LogP contribution is 2.26. The van der Waals surface area contributed by atoms with Crippen LogP contribution in [0.1, 0.15) is 49.0 Å². The topological polar surface area (TPSA) is 73.9 Å². The number of hydrogen-bond acceptors (Lipinski definition) is 4. The first-order chi connectivity index (χ1) is 11.6. The standard InChI is InChI=1S/C19H24N4O/c1-13(21-11-16-4-3-5-19(16)24)18-12-22-23(14(18)2)17-8-6-15(10-20)7-9-17/h6-9,12-13,16,19,21,24H,3-5,11H2,1-2H3/t13-,16+,19-/m0/s1. The number of benzene rings is 1. The molecule has 2 aromatic rings. The van der Waals surface area contributed by atoms with Gasteiger partial charge in [-0.2, -0.15) is 10.4 Å². The zero-order valence-electron chi connectivity index (χ0n) is 14.2. The molecule has 0 radical (unpaired) electrons. The Hall–Kier alpha value is -2.16. The monoisotopic (exact) mass is 324 g/mol. The van der Waals surface area contributed by atoms with Crippen molar-refractivity contribution in [1.82, 2.24) is 15.1 Å².